The van der Waals surface area contributed by atoms with Crippen LogP contribution in [0.5, 0.6) is 0 Å². The summed E-state index contributed by atoms with van der Waals surface area (Å²) in [5.41, 5.74) is -2.85. The van der Waals surface area contributed by atoms with Gasteiger partial charge in [-0.25, -0.2) is 0 Å². The zero-order chi connectivity index (χ0) is 31.8. The van der Waals surface area contributed by atoms with Crippen LogP contribution in [0.25, 0.3) is 0 Å². The second-order valence-corrected chi connectivity index (χ2v) is 20.1. The minimum absolute atomic E-state index is 0.00882. The molecule has 42 heavy (non-hydrogen) atoms. The van der Waals surface area contributed by atoms with Crippen LogP contribution in [0.1, 0.15) is 80.6 Å². The Bertz CT molecular complexity index is 949. The fourth-order valence-electron chi connectivity index (χ4n) is 8.21. The monoisotopic (exact) mass is 614 g/mol. The molecule has 10 heteroatoms. The van der Waals surface area contributed by atoms with Gasteiger partial charge in [0.05, 0.1) is 23.4 Å². The maximum absolute atomic E-state index is 14.5. The third-order valence-corrected chi connectivity index (χ3v) is 16.0. The van der Waals surface area contributed by atoms with Crippen molar-refractivity contribution in [1.29, 1.82) is 0 Å². The van der Waals surface area contributed by atoms with Crippen molar-refractivity contribution in [2.45, 2.75) is 122 Å². The van der Waals surface area contributed by atoms with Gasteiger partial charge in [-0.2, -0.15) is 0 Å². The Morgan fingerprint density at radius 1 is 0.952 bits per heavy atom. The first-order chi connectivity index (χ1) is 19.4. The maximum Gasteiger partial charge on any atom is 0.192 e. The van der Waals surface area contributed by atoms with Crippen molar-refractivity contribution in [3.8, 4) is 0 Å². The van der Waals surface area contributed by atoms with Crippen LogP contribution in [0.2, 0.25) is 18.1 Å². The Morgan fingerprint density at radius 3 is 2.12 bits per heavy atom. The van der Waals surface area contributed by atoms with Crippen LogP contribution >= 0.6 is 0 Å². The highest BCUT2D eigenvalue weighted by molar-refractivity contribution is 6.74. The van der Waals surface area contributed by atoms with E-state index in [9.17, 15) is 9.59 Å². The van der Waals surface area contributed by atoms with Crippen LogP contribution in [-0.4, -0.2) is 85.5 Å². The van der Waals surface area contributed by atoms with Crippen molar-refractivity contribution in [1.82, 2.24) is 0 Å². The first-order valence-electron chi connectivity index (χ1n) is 15.4. The van der Waals surface area contributed by atoms with E-state index in [0.29, 0.717) is 12.8 Å². The van der Waals surface area contributed by atoms with Crippen LogP contribution in [0.3, 0.4) is 0 Å². The molecule has 2 bridgehead atoms. The molecule has 0 N–H and O–H groups in total. The topological polar surface area (TPSA) is 98.8 Å². The molecule has 0 unspecified atom stereocenters. The highest BCUT2D eigenvalue weighted by Crippen LogP contribution is 2.67. The fraction of sp³-hybridized carbons (Fsp3) is 0.938. The molecule has 0 aromatic rings. The van der Waals surface area contributed by atoms with Crippen LogP contribution in [0, 0.1) is 28.6 Å². The second-order valence-electron chi connectivity index (χ2n) is 15.4. The zero-order valence-electron chi connectivity index (χ0n) is 28.3. The first kappa shape index (κ1) is 35.8. The van der Waals surface area contributed by atoms with Crippen LogP contribution < -0.4 is 0 Å². The van der Waals surface area contributed by atoms with Crippen LogP contribution in [0.15, 0.2) is 0 Å². The van der Waals surface area contributed by atoms with Gasteiger partial charge < -0.3 is 37.6 Å². The molecule has 0 aliphatic heterocycles. The number of carbonyl (C=O) groups is 2. The Hall–Kier alpha value is -0.723. The van der Waals surface area contributed by atoms with E-state index in [0.717, 1.165) is 19.1 Å². The lowest BCUT2D eigenvalue weighted by molar-refractivity contribution is -0.230. The minimum atomic E-state index is -2.17. The smallest absolute Gasteiger partial charge is 0.192 e. The minimum Gasteiger partial charge on any atom is -0.413 e. The van der Waals surface area contributed by atoms with Gasteiger partial charge in [0, 0.05) is 50.4 Å². The molecular weight excluding hydrogens is 556 g/mol. The molecule has 0 amide bonds. The predicted molar refractivity (Wildman–Crippen MR) is 162 cm³/mol. The molecule has 3 aliphatic rings. The molecule has 0 radical (unpaired) electrons. The van der Waals surface area contributed by atoms with Gasteiger partial charge >= 0.3 is 0 Å². The summed E-state index contributed by atoms with van der Waals surface area (Å²) in [7, 11) is 2.64. The quantitative estimate of drug-likeness (QED) is 0.130. The summed E-state index contributed by atoms with van der Waals surface area (Å²) < 4.78 is 42.6. The van der Waals surface area contributed by atoms with Crippen molar-refractivity contribution in [2.24, 2.45) is 28.6 Å². The molecule has 3 rings (SSSR count). The van der Waals surface area contributed by atoms with Crippen molar-refractivity contribution < 1.29 is 42.4 Å². The van der Waals surface area contributed by atoms with Crippen molar-refractivity contribution in [3.63, 3.8) is 0 Å². The molecule has 8 atom stereocenters. The molecule has 0 heterocycles. The summed E-state index contributed by atoms with van der Waals surface area (Å²) in [6, 6.07) is 0. The number of ether oxygens (including phenoxy) is 6. The van der Waals surface area contributed by atoms with E-state index in [-0.39, 0.29) is 61.7 Å². The van der Waals surface area contributed by atoms with Gasteiger partial charge in [-0.1, -0.05) is 34.6 Å². The van der Waals surface area contributed by atoms with Gasteiger partial charge in [-0.05, 0) is 63.6 Å². The number of ketones is 1. The number of rotatable bonds is 15. The van der Waals surface area contributed by atoms with Crippen molar-refractivity contribution in [3.05, 3.63) is 0 Å². The summed E-state index contributed by atoms with van der Waals surface area (Å²) in [6.07, 6.45) is 3.37. The van der Waals surface area contributed by atoms with Crippen LogP contribution in [-0.2, 0) is 42.4 Å². The van der Waals surface area contributed by atoms with Gasteiger partial charge in [-0.3, -0.25) is 4.79 Å². The Labute approximate surface area is 255 Å². The van der Waals surface area contributed by atoms with Crippen LogP contribution in [0.4, 0.5) is 0 Å². The summed E-state index contributed by atoms with van der Waals surface area (Å²) in [4.78, 5) is 26.9. The van der Waals surface area contributed by atoms with E-state index in [1.54, 1.807) is 21.3 Å². The fourth-order valence-corrected chi connectivity index (χ4v) is 9.67. The summed E-state index contributed by atoms with van der Waals surface area (Å²) in [6.45, 7) is 19.6. The molecule has 9 nitrogen and oxygen atoms in total. The highest BCUT2D eigenvalue weighted by atomic mass is 28.4. The number of fused-ring (bicyclic) bond motifs is 2. The SMILES string of the molecule is COCO[C@@H]1[C@H]2CC[C@@H]([C@@](C)(OCOC)[C@@H]3C[C@H](O[Si](C)(C)C(C)(C)C)C(C)(C)C3=O)[C@]1(CC=O)C[C@@]2(C)OCOC. The largest absolute Gasteiger partial charge is 0.413 e. The van der Waals surface area contributed by atoms with Gasteiger partial charge in [-0.15, -0.1) is 0 Å². The van der Waals surface area contributed by atoms with Crippen molar-refractivity contribution in [2.75, 3.05) is 41.7 Å². The average molecular weight is 615 g/mol. The molecule has 0 saturated heterocycles. The molecule has 244 valence electrons. The number of Topliss-reactive ketones (excluding diaryl/α,β-unsaturated/α-hetero) is 1. The summed E-state index contributed by atoms with van der Waals surface area (Å²) in [5.74, 6) is -0.472. The van der Waals surface area contributed by atoms with E-state index in [1.807, 2.05) is 13.8 Å². The molecule has 3 fully saturated rings. The summed E-state index contributed by atoms with van der Waals surface area (Å²) >= 11 is 0. The lowest BCUT2D eigenvalue weighted by Gasteiger charge is -2.54. The lowest BCUT2D eigenvalue weighted by Crippen LogP contribution is -2.59. The number of methoxy groups -OCH3 is 3. The number of hydrogen-bond donors (Lipinski definition) is 0. The molecule has 0 aromatic carbocycles. The molecule has 3 saturated carbocycles. The van der Waals surface area contributed by atoms with E-state index in [2.05, 4.69) is 47.7 Å². The standard InChI is InChI=1S/C32H58O9Si/c1-28(2,3)42(11,12)41-25-17-23(26(34)29(25,4)5)31(7,40-21-37-10)24-14-13-22-27(38-19-35-8)32(24,15-16-33)18-30(22,6)39-20-36-9/h16,22-25,27H,13-15,17-21H2,1-12H3/t22-,23-,24+,25+,27-,30-,31+,32+/m1/s1. The number of aldehydes is 1. The average Bonchev–Trinajstić information content (AvgIpc) is 3.20. The summed E-state index contributed by atoms with van der Waals surface area (Å²) in [5, 5.41) is 0.00882. The number of hydrogen-bond acceptors (Lipinski definition) is 9. The third-order valence-electron chi connectivity index (χ3n) is 11.5. The van der Waals surface area contributed by atoms with E-state index in [1.165, 1.54) is 0 Å². The normalized spacial score (nSPS) is 36.3. The molecular formula is C32H58O9Si. The van der Waals surface area contributed by atoms with Gasteiger partial charge in [0.25, 0.3) is 0 Å². The maximum atomic E-state index is 14.5. The predicted octanol–water partition coefficient (Wildman–Crippen LogP) is 5.74. The Morgan fingerprint density at radius 2 is 1.57 bits per heavy atom. The molecule has 0 spiro atoms. The van der Waals surface area contributed by atoms with Gasteiger partial charge in [0.15, 0.2) is 8.32 Å². The Balaban J connectivity index is 2.12. The Kier molecular flexibility index (Phi) is 11.0. The lowest BCUT2D eigenvalue weighted by atomic mass is 9.56. The van der Waals surface area contributed by atoms with E-state index < -0.39 is 36.3 Å². The van der Waals surface area contributed by atoms with Gasteiger partial charge in [0.1, 0.15) is 32.4 Å². The number of carbonyl (C=O) groups excluding carboxylic acids is 2. The van der Waals surface area contributed by atoms with Crippen molar-refractivity contribution >= 4 is 20.4 Å². The zero-order valence-corrected chi connectivity index (χ0v) is 29.3. The highest BCUT2D eigenvalue weighted by Gasteiger charge is 2.71. The third kappa shape index (κ3) is 6.21. The second kappa shape index (κ2) is 12.9. The molecule has 3 aliphatic carbocycles. The van der Waals surface area contributed by atoms with E-state index >= 15 is 0 Å². The molecule has 0 aromatic heterocycles. The van der Waals surface area contributed by atoms with Gasteiger partial charge in [0.2, 0.25) is 0 Å². The first-order valence-corrected chi connectivity index (χ1v) is 18.3. The van der Waals surface area contributed by atoms with E-state index in [4.69, 9.17) is 32.8 Å².